The van der Waals surface area contributed by atoms with Gasteiger partial charge in [0.2, 0.25) is 0 Å². The van der Waals surface area contributed by atoms with E-state index in [1.54, 1.807) is 12.3 Å². The molecule has 19 heavy (non-hydrogen) atoms. The van der Waals surface area contributed by atoms with Crippen LogP contribution in [-0.2, 0) is 11.3 Å². The standard InChI is InChI=1S/C13H19N3O3/c17-12(18)7-9-16-8-6-11(15-16)13(19)14-10-4-2-1-3-5-10/h6,8,10H,1-5,7,9H2,(H,14,19)(H,17,18). The highest BCUT2D eigenvalue weighted by molar-refractivity contribution is 5.92. The molecule has 6 nitrogen and oxygen atoms in total. The lowest BCUT2D eigenvalue weighted by Gasteiger charge is -2.22. The topological polar surface area (TPSA) is 84.2 Å². The van der Waals surface area contributed by atoms with E-state index in [0.29, 0.717) is 5.69 Å². The summed E-state index contributed by atoms with van der Waals surface area (Å²) in [4.78, 5) is 22.4. The van der Waals surface area contributed by atoms with Crippen LogP contribution in [0.4, 0.5) is 0 Å². The fourth-order valence-electron chi connectivity index (χ4n) is 2.32. The Bertz CT molecular complexity index is 450. The van der Waals surface area contributed by atoms with Crippen molar-refractivity contribution in [2.75, 3.05) is 0 Å². The van der Waals surface area contributed by atoms with Gasteiger partial charge in [-0.3, -0.25) is 14.3 Å². The summed E-state index contributed by atoms with van der Waals surface area (Å²) in [7, 11) is 0. The Morgan fingerprint density at radius 2 is 2.11 bits per heavy atom. The Hall–Kier alpha value is -1.85. The molecular weight excluding hydrogens is 246 g/mol. The third kappa shape index (κ3) is 4.08. The molecule has 0 unspecified atom stereocenters. The van der Waals surface area contributed by atoms with Gasteiger partial charge in [-0.1, -0.05) is 19.3 Å². The van der Waals surface area contributed by atoms with Gasteiger partial charge < -0.3 is 10.4 Å². The molecule has 1 fully saturated rings. The summed E-state index contributed by atoms with van der Waals surface area (Å²) in [5, 5.41) is 15.7. The van der Waals surface area contributed by atoms with E-state index in [-0.39, 0.29) is 24.9 Å². The molecule has 1 amide bonds. The van der Waals surface area contributed by atoms with Crippen LogP contribution in [0.1, 0.15) is 49.0 Å². The number of hydrogen-bond donors (Lipinski definition) is 2. The first-order valence-corrected chi connectivity index (χ1v) is 6.71. The lowest BCUT2D eigenvalue weighted by atomic mass is 9.95. The van der Waals surface area contributed by atoms with E-state index < -0.39 is 5.97 Å². The van der Waals surface area contributed by atoms with Gasteiger partial charge in [0.05, 0.1) is 13.0 Å². The van der Waals surface area contributed by atoms with Crippen LogP contribution < -0.4 is 5.32 Å². The molecule has 1 aliphatic carbocycles. The molecule has 0 saturated heterocycles. The van der Waals surface area contributed by atoms with Gasteiger partial charge >= 0.3 is 5.97 Å². The molecule has 1 aromatic heterocycles. The molecule has 0 radical (unpaired) electrons. The van der Waals surface area contributed by atoms with Crippen LogP contribution in [0.25, 0.3) is 0 Å². The summed E-state index contributed by atoms with van der Waals surface area (Å²) in [6.45, 7) is 0.284. The van der Waals surface area contributed by atoms with Crippen LogP contribution >= 0.6 is 0 Å². The molecule has 1 aromatic rings. The second kappa shape index (κ2) is 6.36. The maximum Gasteiger partial charge on any atom is 0.305 e. The van der Waals surface area contributed by atoms with Gasteiger partial charge in [0.1, 0.15) is 5.69 Å². The van der Waals surface area contributed by atoms with Gasteiger partial charge in [0.15, 0.2) is 0 Å². The van der Waals surface area contributed by atoms with Crippen molar-refractivity contribution < 1.29 is 14.7 Å². The SMILES string of the molecule is O=C(O)CCn1ccc(C(=O)NC2CCCCC2)n1. The number of nitrogens with zero attached hydrogens (tertiary/aromatic N) is 2. The number of aliphatic carboxylic acids is 1. The van der Waals surface area contributed by atoms with E-state index in [1.165, 1.54) is 11.1 Å². The average molecular weight is 265 g/mol. The Balaban J connectivity index is 1.86. The Morgan fingerprint density at radius 1 is 1.37 bits per heavy atom. The number of carbonyl (C=O) groups excluding carboxylic acids is 1. The Kier molecular flexibility index (Phi) is 4.54. The molecule has 1 saturated carbocycles. The highest BCUT2D eigenvalue weighted by Gasteiger charge is 2.18. The Labute approximate surface area is 111 Å². The predicted molar refractivity (Wildman–Crippen MR) is 68.8 cm³/mol. The van der Waals surface area contributed by atoms with Crippen LogP contribution in [0.3, 0.4) is 0 Å². The number of hydrogen-bond acceptors (Lipinski definition) is 3. The van der Waals surface area contributed by atoms with Gasteiger partial charge in [-0.2, -0.15) is 5.10 Å². The monoisotopic (exact) mass is 265 g/mol. The first kappa shape index (κ1) is 13.6. The van der Waals surface area contributed by atoms with Crippen molar-refractivity contribution in [3.8, 4) is 0 Å². The van der Waals surface area contributed by atoms with Crippen LogP contribution in [0, 0.1) is 0 Å². The third-order valence-electron chi connectivity index (χ3n) is 3.37. The summed E-state index contributed by atoms with van der Waals surface area (Å²) in [6.07, 6.45) is 7.28. The summed E-state index contributed by atoms with van der Waals surface area (Å²) < 4.78 is 1.49. The molecule has 0 bridgehead atoms. The van der Waals surface area contributed by atoms with Gasteiger partial charge in [-0.05, 0) is 18.9 Å². The molecule has 1 aliphatic rings. The maximum atomic E-state index is 12.0. The molecule has 1 heterocycles. The molecule has 0 aromatic carbocycles. The molecule has 2 N–H and O–H groups in total. The van der Waals surface area contributed by atoms with E-state index >= 15 is 0 Å². The third-order valence-corrected chi connectivity index (χ3v) is 3.37. The van der Waals surface area contributed by atoms with Crippen molar-refractivity contribution in [2.24, 2.45) is 0 Å². The van der Waals surface area contributed by atoms with E-state index in [4.69, 9.17) is 5.11 Å². The smallest absolute Gasteiger partial charge is 0.305 e. The minimum absolute atomic E-state index is 0.00532. The molecular formula is C13H19N3O3. The van der Waals surface area contributed by atoms with Crippen molar-refractivity contribution in [3.05, 3.63) is 18.0 Å². The molecule has 0 spiro atoms. The summed E-state index contributed by atoms with van der Waals surface area (Å²) in [6, 6.07) is 1.88. The first-order valence-electron chi connectivity index (χ1n) is 6.71. The van der Waals surface area contributed by atoms with Gasteiger partial charge in [-0.15, -0.1) is 0 Å². The number of amides is 1. The number of aromatic nitrogens is 2. The largest absolute Gasteiger partial charge is 0.481 e. The maximum absolute atomic E-state index is 12.0. The minimum Gasteiger partial charge on any atom is -0.481 e. The molecule has 2 rings (SSSR count). The van der Waals surface area contributed by atoms with Crippen LogP contribution in [0.2, 0.25) is 0 Å². The number of carboxylic acids is 1. The van der Waals surface area contributed by atoms with E-state index in [0.717, 1.165) is 25.7 Å². The quantitative estimate of drug-likeness (QED) is 0.843. The number of carbonyl (C=O) groups is 2. The second-order valence-electron chi connectivity index (χ2n) is 4.92. The number of nitrogens with one attached hydrogen (secondary N) is 1. The molecule has 104 valence electrons. The normalized spacial score (nSPS) is 16.2. The zero-order valence-electron chi connectivity index (χ0n) is 10.8. The number of aryl methyl sites for hydroxylation is 1. The second-order valence-corrected chi connectivity index (χ2v) is 4.92. The average Bonchev–Trinajstić information content (AvgIpc) is 2.86. The Morgan fingerprint density at radius 3 is 2.79 bits per heavy atom. The van der Waals surface area contributed by atoms with Gasteiger partial charge in [0.25, 0.3) is 5.91 Å². The highest BCUT2D eigenvalue weighted by Crippen LogP contribution is 2.17. The zero-order valence-corrected chi connectivity index (χ0v) is 10.8. The minimum atomic E-state index is -0.872. The van der Waals surface area contributed by atoms with Crippen molar-refractivity contribution >= 4 is 11.9 Å². The first-order chi connectivity index (χ1) is 9.15. The fraction of sp³-hybridized carbons (Fsp3) is 0.615. The fourth-order valence-corrected chi connectivity index (χ4v) is 2.32. The lowest BCUT2D eigenvalue weighted by Crippen LogP contribution is -2.36. The van der Waals surface area contributed by atoms with Crippen LogP contribution in [0.15, 0.2) is 12.3 Å². The van der Waals surface area contributed by atoms with Crippen molar-refractivity contribution in [1.82, 2.24) is 15.1 Å². The summed E-state index contributed by atoms with van der Waals surface area (Å²) in [5.74, 6) is -1.04. The van der Waals surface area contributed by atoms with Crippen molar-refractivity contribution in [1.29, 1.82) is 0 Å². The van der Waals surface area contributed by atoms with E-state index in [2.05, 4.69) is 10.4 Å². The lowest BCUT2D eigenvalue weighted by molar-refractivity contribution is -0.137. The highest BCUT2D eigenvalue weighted by atomic mass is 16.4. The number of rotatable bonds is 5. The van der Waals surface area contributed by atoms with Crippen LogP contribution in [-0.4, -0.2) is 32.8 Å². The van der Waals surface area contributed by atoms with Crippen LogP contribution in [0.5, 0.6) is 0 Å². The van der Waals surface area contributed by atoms with Gasteiger partial charge in [-0.25, -0.2) is 0 Å². The summed E-state index contributed by atoms with van der Waals surface area (Å²) in [5.41, 5.74) is 0.357. The summed E-state index contributed by atoms with van der Waals surface area (Å²) >= 11 is 0. The number of carboxylic acid groups (broad SMARTS) is 1. The van der Waals surface area contributed by atoms with Crippen molar-refractivity contribution in [3.63, 3.8) is 0 Å². The molecule has 0 atom stereocenters. The van der Waals surface area contributed by atoms with E-state index in [1.807, 2.05) is 0 Å². The zero-order chi connectivity index (χ0) is 13.7. The molecule has 0 aliphatic heterocycles. The predicted octanol–water partition coefficient (Wildman–Crippen LogP) is 1.42. The molecule has 6 heteroatoms. The van der Waals surface area contributed by atoms with Gasteiger partial charge in [0, 0.05) is 12.2 Å². The van der Waals surface area contributed by atoms with E-state index in [9.17, 15) is 9.59 Å². The van der Waals surface area contributed by atoms with Crippen molar-refractivity contribution in [2.45, 2.75) is 51.1 Å².